The third-order valence-corrected chi connectivity index (χ3v) is 2.88. The van der Waals surface area contributed by atoms with Crippen LogP contribution in [-0.2, 0) is 11.3 Å². The number of oxime groups is 1. The normalized spacial score (nSPS) is 12.7. The molecular formula is C13H20FN3O2. The maximum Gasteiger partial charge on any atom is 0.173 e. The third-order valence-electron chi connectivity index (χ3n) is 2.88. The Labute approximate surface area is 112 Å². The van der Waals surface area contributed by atoms with Crippen molar-refractivity contribution in [2.45, 2.75) is 26.0 Å². The number of methoxy groups -OCH3 is 1. The van der Waals surface area contributed by atoms with E-state index in [1.165, 1.54) is 6.07 Å². The van der Waals surface area contributed by atoms with Gasteiger partial charge in [-0.05, 0) is 19.9 Å². The predicted molar refractivity (Wildman–Crippen MR) is 71.7 cm³/mol. The van der Waals surface area contributed by atoms with E-state index in [9.17, 15) is 4.39 Å². The molecule has 1 rings (SSSR count). The van der Waals surface area contributed by atoms with Gasteiger partial charge in [-0.15, -0.1) is 0 Å². The number of halogens is 1. The molecule has 0 atom stereocenters. The molecule has 0 heterocycles. The van der Waals surface area contributed by atoms with Crippen molar-refractivity contribution in [2.75, 3.05) is 13.7 Å². The molecule has 0 saturated carbocycles. The van der Waals surface area contributed by atoms with E-state index in [4.69, 9.17) is 15.7 Å². The van der Waals surface area contributed by atoms with Crippen molar-refractivity contribution in [3.05, 3.63) is 35.1 Å². The van der Waals surface area contributed by atoms with Crippen molar-refractivity contribution in [1.82, 2.24) is 5.32 Å². The highest BCUT2D eigenvalue weighted by Crippen LogP contribution is 2.13. The minimum Gasteiger partial charge on any atom is -0.409 e. The standard InChI is InChI=1S/C13H20FN3O2/c1-13(2,19-3)8-16-7-9-5-4-6-10(11(9)14)12(15)17-18/h4-6,16,18H,7-8H2,1-3H3,(H2,15,17). The molecule has 0 aliphatic rings. The smallest absolute Gasteiger partial charge is 0.173 e. The summed E-state index contributed by atoms with van der Waals surface area (Å²) in [5, 5.41) is 14.5. The number of rotatable bonds is 6. The number of amidine groups is 1. The maximum atomic E-state index is 14.1. The number of ether oxygens (including phenoxy) is 1. The summed E-state index contributed by atoms with van der Waals surface area (Å²) in [4.78, 5) is 0. The van der Waals surface area contributed by atoms with Crippen molar-refractivity contribution in [2.24, 2.45) is 10.9 Å². The first-order chi connectivity index (χ1) is 8.91. The molecular weight excluding hydrogens is 249 g/mol. The van der Waals surface area contributed by atoms with Gasteiger partial charge < -0.3 is 21.0 Å². The van der Waals surface area contributed by atoms with E-state index in [-0.39, 0.29) is 17.0 Å². The van der Waals surface area contributed by atoms with Crippen molar-refractivity contribution in [3.8, 4) is 0 Å². The van der Waals surface area contributed by atoms with E-state index in [0.29, 0.717) is 18.7 Å². The van der Waals surface area contributed by atoms with Gasteiger partial charge in [0.2, 0.25) is 0 Å². The van der Waals surface area contributed by atoms with Crippen LogP contribution in [-0.4, -0.2) is 30.3 Å². The van der Waals surface area contributed by atoms with Gasteiger partial charge in [0.15, 0.2) is 5.84 Å². The fourth-order valence-corrected chi connectivity index (χ4v) is 1.54. The van der Waals surface area contributed by atoms with Crippen LogP contribution in [0, 0.1) is 5.82 Å². The van der Waals surface area contributed by atoms with Crippen LogP contribution < -0.4 is 11.1 Å². The average Bonchev–Trinajstić information content (AvgIpc) is 2.40. The topological polar surface area (TPSA) is 79.9 Å². The highest BCUT2D eigenvalue weighted by atomic mass is 19.1. The second-order valence-corrected chi connectivity index (χ2v) is 4.83. The lowest BCUT2D eigenvalue weighted by molar-refractivity contribution is 0.0230. The summed E-state index contributed by atoms with van der Waals surface area (Å²) in [5.41, 5.74) is 5.63. The first-order valence-corrected chi connectivity index (χ1v) is 5.92. The molecule has 1 aromatic carbocycles. The molecule has 6 heteroatoms. The minimum atomic E-state index is -0.486. The van der Waals surface area contributed by atoms with Crippen LogP contribution in [0.3, 0.4) is 0 Å². The number of benzene rings is 1. The minimum absolute atomic E-state index is 0.0906. The number of nitrogens with zero attached hydrogens (tertiary/aromatic N) is 1. The molecule has 1 aromatic rings. The van der Waals surface area contributed by atoms with E-state index in [1.54, 1.807) is 19.2 Å². The van der Waals surface area contributed by atoms with Crippen LogP contribution in [0.2, 0.25) is 0 Å². The Kier molecular flexibility index (Phi) is 5.26. The van der Waals surface area contributed by atoms with Crippen LogP contribution in [0.1, 0.15) is 25.0 Å². The molecule has 19 heavy (non-hydrogen) atoms. The van der Waals surface area contributed by atoms with E-state index >= 15 is 0 Å². The van der Waals surface area contributed by atoms with E-state index in [2.05, 4.69) is 10.5 Å². The van der Waals surface area contributed by atoms with Gasteiger partial charge >= 0.3 is 0 Å². The molecule has 106 valence electrons. The van der Waals surface area contributed by atoms with Crippen LogP contribution in [0.15, 0.2) is 23.4 Å². The molecule has 0 radical (unpaired) electrons. The predicted octanol–water partition coefficient (Wildman–Crippen LogP) is 1.43. The van der Waals surface area contributed by atoms with Crippen molar-refractivity contribution in [3.63, 3.8) is 0 Å². The third kappa shape index (κ3) is 4.18. The Morgan fingerprint density at radius 3 is 2.79 bits per heavy atom. The number of nitrogens with two attached hydrogens (primary N) is 1. The highest BCUT2D eigenvalue weighted by Gasteiger charge is 2.16. The van der Waals surface area contributed by atoms with E-state index < -0.39 is 5.82 Å². The van der Waals surface area contributed by atoms with Gasteiger partial charge in [-0.25, -0.2) is 4.39 Å². The number of hydrogen-bond acceptors (Lipinski definition) is 4. The Morgan fingerprint density at radius 2 is 2.21 bits per heavy atom. The summed E-state index contributed by atoms with van der Waals surface area (Å²) >= 11 is 0. The zero-order valence-corrected chi connectivity index (χ0v) is 11.4. The first kappa shape index (κ1) is 15.4. The largest absolute Gasteiger partial charge is 0.409 e. The van der Waals surface area contributed by atoms with Gasteiger partial charge in [-0.1, -0.05) is 17.3 Å². The molecule has 0 unspecified atom stereocenters. The van der Waals surface area contributed by atoms with Crippen LogP contribution in [0.4, 0.5) is 4.39 Å². The summed E-state index contributed by atoms with van der Waals surface area (Å²) < 4.78 is 19.3. The lowest BCUT2D eigenvalue weighted by Crippen LogP contribution is -2.36. The molecule has 0 spiro atoms. The fraction of sp³-hybridized carbons (Fsp3) is 0.462. The fourth-order valence-electron chi connectivity index (χ4n) is 1.54. The second kappa shape index (κ2) is 6.49. The van der Waals surface area contributed by atoms with Crippen molar-refractivity contribution in [1.29, 1.82) is 0 Å². The van der Waals surface area contributed by atoms with Crippen LogP contribution in [0.5, 0.6) is 0 Å². The SMILES string of the molecule is COC(C)(C)CNCc1cccc(/C(N)=N/O)c1F. The summed E-state index contributed by atoms with van der Waals surface area (Å²) in [6.45, 7) is 4.79. The lowest BCUT2D eigenvalue weighted by atomic mass is 10.1. The zero-order valence-electron chi connectivity index (χ0n) is 11.4. The lowest BCUT2D eigenvalue weighted by Gasteiger charge is -2.23. The van der Waals surface area contributed by atoms with Crippen LogP contribution in [0.25, 0.3) is 0 Å². The molecule has 0 saturated heterocycles. The summed E-state index contributed by atoms with van der Waals surface area (Å²) in [7, 11) is 1.63. The van der Waals surface area contributed by atoms with Crippen molar-refractivity contribution >= 4 is 5.84 Å². The van der Waals surface area contributed by atoms with Crippen molar-refractivity contribution < 1.29 is 14.3 Å². The zero-order chi connectivity index (χ0) is 14.5. The Hall–Kier alpha value is -1.66. The average molecular weight is 269 g/mol. The Bertz CT molecular complexity index is 461. The van der Waals surface area contributed by atoms with E-state index in [0.717, 1.165) is 0 Å². The molecule has 0 aromatic heterocycles. The highest BCUT2D eigenvalue weighted by molar-refractivity contribution is 5.97. The van der Waals surface area contributed by atoms with Crippen LogP contribution >= 0.6 is 0 Å². The molecule has 0 amide bonds. The molecule has 0 fully saturated rings. The number of nitrogens with one attached hydrogen (secondary N) is 1. The van der Waals surface area contributed by atoms with Gasteiger partial charge in [0.25, 0.3) is 0 Å². The van der Waals surface area contributed by atoms with Gasteiger partial charge in [-0.3, -0.25) is 0 Å². The Morgan fingerprint density at radius 1 is 1.53 bits per heavy atom. The molecule has 0 aliphatic heterocycles. The van der Waals surface area contributed by atoms with E-state index in [1.807, 2.05) is 13.8 Å². The Balaban J connectivity index is 2.75. The van der Waals surface area contributed by atoms with Gasteiger partial charge in [0.05, 0.1) is 11.2 Å². The quantitative estimate of drug-likeness (QED) is 0.316. The summed E-state index contributed by atoms with van der Waals surface area (Å²) in [5.74, 6) is -0.725. The first-order valence-electron chi connectivity index (χ1n) is 5.92. The molecule has 0 aliphatic carbocycles. The molecule has 0 bridgehead atoms. The monoisotopic (exact) mass is 269 g/mol. The summed E-state index contributed by atoms with van der Waals surface area (Å²) in [6, 6.07) is 4.78. The van der Waals surface area contributed by atoms with Gasteiger partial charge in [-0.2, -0.15) is 0 Å². The van der Waals surface area contributed by atoms with Gasteiger partial charge in [0, 0.05) is 25.8 Å². The summed E-state index contributed by atoms with van der Waals surface area (Å²) in [6.07, 6.45) is 0. The van der Waals surface area contributed by atoms with Gasteiger partial charge in [0.1, 0.15) is 5.82 Å². The molecule has 5 nitrogen and oxygen atoms in total. The second-order valence-electron chi connectivity index (χ2n) is 4.83. The molecule has 4 N–H and O–H groups in total. The number of hydrogen-bond donors (Lipinski definition) is 3. The maximum absolute atomic E-state index is 14.1.